The first kappa shape index (κ1) is 19.1. The molecular weight excluding hydrogens is 416 g/mol. The highest BCUT2D eigenvalue weighted by Crippen LogP contribution is 2.20. The first-order valence-electron chi connectivity index (χ1n) is 8.56. The van der Waals surface area contributed by atoms with Crippen LogP contribution >= 0.6 is 15.9 Å². The van der Waals surface area contributed by atoms with Crippen molar-refractivity contribution < 1.29 is 13.2 Å². The third-order valence-corrected chi connectivity index (χ3v) is 7.03. The molecule has 0 aromatic heterocycles. The number of hydrogen-bond acceptors (Lipinski definition) is 3. The Bertz CT molecular complexity index is 872. The summed E-state index contributed by atoms with van der Waals surface area (Å²) in [7, 11) is -3.53. The third kappa shape index (κ3) is 4.00. The lowest BCUT2D eigenvalue weighted by Gasteiger charge is -2.34. The molecule has 2 aromatic rings. The molecule has 3 rings (SSSR count). The first-order chi connectivity index (χ1) is 12.4. The zero-order valence-electron chi connectivity index (χ0n) is 14.6. The molecule has 1 saturated heterocycles. The summed E-state index contributed by atoms with van der Waals surface area (Å²) >= 11 is 3.31. The summed E-state index contributed by atoms with van der Waals surface area (Å²) in [5.41, 5.74) is 1.83. The average Bonchev–Trinajstić information content (AvgIpc) is 2.68. The van der Waals surface area contributed by atoms with Crippen LogP contribution in [0.3, 0.4) is 0 Å². The lowest BCUT2D eigenvalue weighted by atomic mass is 10.1. The van der Waals surface area contributed by atoms with Gasteiger partial charge in [0.15, 0.2) is 0 Å². The second-order valence-electron chi connectivity index (χ2n) is 6.20. The lowest BCUT2D eigenvalue weighted by molar-refractivity contribution is 0.0698. The molecule has 0 N–H and O–H groups in total. The van der Waals surface area contributed by atoms with Crippen molar-refractivity contribution >= 4 is 31.9 Å². The van der Waals surface area contributed by atoms with E-state index in [4.69, 9.17) is 0 Å². The van der Waals surface area contributed by atoms with E-state index in [2.05, 4.69) is 22.9 Å². The Hall–Kier alpha value is -1.70. The number of piperazine rings is 1. The largest absolute Gasteiger partial charge is 0.336 e. The van der Waals surface area contributed by atoms with Crippen molar-refractivity contribution in [2.45, 2.75) is 18.2 Å². The lowest BCUT2D eigenvalue weighted by Crippen LogP contribution is -2.50. The predicted molar refractivity (Wildman–Crippen MR) is 105 cm³/mol. The fourth-order valence-electron chi connectivity index (χ4n) is 2.95. The van der Waals surface area contributed by atoms with Gasteiger partial charge in [0.25, 0.3) is 5.91 Å². The summed E-state index contributed by atoms with van der Waals surface area (Å²) in [5.74, 6) is -0.0478. The van der Waals surface area contributed by atoms with Crippen LogP contribution in [-0.2, 0) is 16.4 Å². The van der Waals surface area contributed by atoms with E-state index in [1.54, 1.807) is 29.2 Å². The van der Waals surface area contributed by atoms with E-state index in [1.807, 2.05) is 24.3 Å². The molecule has 1 aliphatic heterocycles. The highest BCUT2D eigenvalue weighted by molar-refractivity contribution is 9.10. The van der Waals surface area contributed by atoms with Gasteiger partial charge in [-0.25, -0.2) is 8.42 Å². The number of sulfonamides is 1. The zero-order chi connectivity index (χ0) is 18.7. The molecule has 1 amide bonds. The number of amides is 1. The maximum atomic E-state index is 12.7. The van der Waals surface area contributed by atoms with Crippen molar-refractivity contribution in [2.75, 3.05) is 26.2 Å². The topological polar surface area (TPSA) is 57.7 Å². The van der Waals surface area contributed by atoms with Crippen molar-refractivity contribution in [1.29, 1.82) is 0 Å². The number of nitrogens with zero attached hydrogens (tertiary/aromatic N) is 2. The van der Waals surface area contributed by atoms with E-state index >= 15 is 0 Å². The number of carbonyl (C=O) groups excluding carboxylic acids is 1. The standard InChI is InChI=1S/C19H21BrN2O3S/c1-2-15-3-5-16(6-4-15)19(23)21-11-13-22(14-12-21)26(24,25)18-9-7-17(20)8-10-18/h3-10H,2,11-14H2,1H3. The highest BCUT2D eigenvalue weighted by atomic mass is 79.9. The quantitative estimate of drug-likeness (QED) is 0.739. The van der Waals surface area contributed by atoms with Gasteiger partial charge in [-0.05, 0) is 48.4 Å². The van der Waals surface area contributed by atoms with E-state index in [0.29, 0.717) is 31.7 Å². The second-order valence-corrected chi connectivity index (χ2v) is 9.05. The minimum atomic E-state index is -3.53. The van der Waals surface area contributed by atoms with Crippen molar-refractivity contribution in [2.24, 2.45) is 0 Å². The fraction of sp³-hybridized carbons (Fsp3) is 0.316. The van der Waals surface area contributed by atoms with E-state index in [1.165, 1.54) is 9.87 Å². The first-order valence-corrected chi connectivity index (χ1v) is 10.8. The van der Waals surface area contributed by atoms with Gasteiger partial charge < -0.3 is 4.90 Å². The minimum Gasteiger partial charge on any atom is -0.336 e. The fourth-order valence-corrected chi connectivity index (χ4v) is 4.64. The normalized spacial score (nSPS) is 15.8. The van der Waals surface area contributed by atoms with Gasteiger partial charge in [0.1, 0.15) is 0 Å². The number of hydrogen-bond donors (Lipinski definition) is 0. The van der Waals surface area contributed by atoms with E-state index in [0.717, 1.165) is 10.9 Å². The molecule has 26 heavy (non-hydrogen) atoms. The number of rotatable bonds is 4. The van der Waals surface area contributed by atoms with Crippen LogP contribution in [0.25, 0.3) is 0 Å². The van der Waals surface area contributed by atoms with Crippen LogP contribution in [0.4, 0.5) is 0 Å². The summed E-state index contributed by atoms with van der Waals surface area (Å²) in [6.45, 7) is 3.46. The molecule has 138 valence electrons. The van der Waals surface area contributed by atoms with Crippen molar-refractivity contribution in [3.05, 3.63) is 64.1 Å². The maximum Gasteiger partial charge on any atom is 0.253 e. The van der Waals surface area contributed by atoms with Crippen molar-refractivity contribution in [1.82, 2.24) is 9.21 Å². The van der Waals surface area contributed by atoms with E-state index in [9.17, 15) is 13.2 Å². The number of carbonyl (C=O) groups is 1. The van der Waals surface area contributed by atoms with Gasteiger partial charge >= 0.3 is 0 Å². The van der Waals surface area contributed by atoms with E-state index < -0.39 is 10.0 Å². The molecule has 0 radical (unpaired) electrons. The smallest absolute Gasteiger partial charge is 0.253 e. The highest BCUT2D eigenvalue weighted by Gasteiger charge is 2.30. The molecule has 0 aliphatic carbocycles. The molecule has 1 fully saturated rings. The number of benzene rings is 2. The Balaban J connectivity index is 1.66. The molecule has 1 heterocycles. The van der Waals surface area contributed by atoms with Gasteiger partial charge in [-0.3, -0.25) is 4.79 Å². The second kappa shape index (κ2) is 7.90. The molecule has 1 aliphatic rings. The van der Waals surface area contributed by atoms with Crippen LogP contribution in [-0.4, -0.2) is 49.7 Å². The molecule has 0 bridgehead atoms. The Morgan fingerprint density at radius 1 is 0.962 bits per heavy atom. The summed E-state index contributed by atoms with van der Waals surface area (Å²) in [6, 6.07) is 14.2. The van der Waals surface area contributed by atoms with Gasteiger partial charge in [0.05, 0.1) is 4.90 Å². The molecule has 0 spiro atoms. The van der Waals surface area contributed by atoms with Crippen LogP contribution < -0.4 is 0 Å². The Morgan fingerprint density at radius 3 is 2.08 bits per heavy atom. The predicted octanol–water partition coefficient (Wildman–Crippen LogP) is 3.16. The summed E-state index contributed by atoms with van der Waals surface area (Å²) in [6.07, 6.45) is 0.932. The third-order valence-electron chi connectivity index (χ3n) is 4.59. The molecule has 7 heteroatoms. The Labute approximate surface area is 162 Å². The SMILES string of the molecule is CCc1ccc(C(=O)N2CCN(S(=O)(=O)c3ccc(Br)cc3)CC2)cc1. The Kier molecular flexibility index (Phi) is 5.79. The van der Waals surface area contributed by atoms with Gasteiger partial charge in [0, 0.05) is 36.2 Å². The average molecular weight is 437 g/mol. The summed E-state index contributed by atoms with van der Waals surface area (Å²) in [4.78, 5) is 14.6. The maximum absolute atomic E-state index is 12.7. The van der Waals surface area contributed by atoms with Crippen LogP contribution in [0.1, 0.15) is 22.8 Å². The van der Waals surface area contributed by atoms with Crippen LogP contribution in [0.15, 0.2) is 57.9 Å². The van der Waals surface area contributed by atoms with E-state index in [-0.39, 0.29) is 10.8 Å². The van der Waals surface area contributed by atoms with Crippen molar-refractivity contribution in [3.63, 3.8) is 0 Å². The molecule has 0 atom stereocenters. The molecule has 0 saturated carbocycles. The number of aryl methyl sites for hydroxylation is 1. The summed E-state index contributed by atoms with van der Waals surface area (Å²) < 4.78 is 27.7. The zero-order valence-corrected chi connectivity index (χ0v) is 17.0. The van der Waals surface area contributed by atoms with Crippen LogP contribution in [0, 0.1) is 0 Å². The van der Waals surface area contributed by atoms with Crippen LogP contribution in [0.2, 0.25) is 0 Å². The molecule has 5 nitrogen and oxygen atoms in total. The van der Waals surface area contributed by atoms with Gasteiger partial charge in [-0.1, -0.05) is 35.0 Å². The molecule has 2 aromatic carbocycles. The monoisotopic (exact) mass is 436 g/mol. The molecular formula is C19H21BrN2O3S. The van der Waals surface area contributed by atoms with Gasteiger partial charge in [-0.2, -0.15) is 4.31 Å². The minimum absolute atomic E-state index is 0.0478. The molecule has 0 unspecified atom stereocenters. The van der Waals surface area contributed by atoms with Crippen LogP contribution in [0.5, 0.6) is 0 Å². The van der Waals surface area contributed by atoms with Gasteiger partial charge in [0.2, 0.25) is 10.0 Å². The Morgan fingerprint density at radius 2 is 1.54 bits per heavy atom. The number of halogens is 1. The summed E-state index contributed by atoms with van der Waals surface area (Å²) in [5, 5.41) is 0. The van der Waals surface area contributed by atoms with Gasteiger partial charge in [-0.15, -0.1) is 0 Å². The van der Waals surface area contributed by atoms with Crippen molar-refractivity contribution in [3.8, 4) is 0 Å².